The Morgan fingerprint density at radius 2 is 2.16 bits per heavy atom. The number of benzene rings is 1. The van der Waals surface area contributed by atoms with Crippen LogP contribution < -0.4 is 5.32 Å². The first kappa shape index (κ1) is 17.8. The minimum absolute atomic E-state index is 0.0808. The molecule has 1 aliphatic heterocycles. The van der Waals surface area contributed by atoms with Crippen molar-refractivity contribution >= 4 is 39.6 Å². The number of hydrogen-bond donors (Lipinski definition) is 1. The zero-order chi connectivity index (χ0) is 17.8. The topological polar surface area (TPSA) is 66.5 Å². The number of hydrogen-bond acceptors (Lipinski definition) is 4. The number of nitrogens with one attached hydrogen (secondary N) is 1. The molecule has 0 spiro atoms. The van der Waals surface area contributed by atoms with Crippen LogP contribution in [0.25, 0.3) is 0 Å². The fourth-order valence-electron chi connectivity index (χ4n) is 3.02. The number of rotatable bonds is 5. The van der Waals surface area contributed by atoms with Gasteiger partial charge in [-0.1, -0.05) is 18.2 Å². The number of carbonyl (C=O) groups is 2. The molecule has 2 aromatic rings. The minimum atomic E-state index is -0.933. The molecule has 2 amide bonds. The third kappa shape index (κ3) is 4.35. The highest BCUT2D eigenvalue weighted by molar-refractivity contribution is 7.83. The van der Waals surface area contributed by atoms with Gasteiger partial charge in [0.1, 0.15) is 6.04 Å². The van der Waals surface area contributed by atoms with Gasteiger partial charge in [0.2, 0.25) is 5.91 Å². The van der Waals surface area contributed by atoms with Crippen molar-refractivity contribution in [2.75, 3.05) is 18.1 Å². The maximum absolute atomic E-state index is 12.7. The van der Waals surface area contributed by atoms with Crippen molar-refractivity contribution in [3.05, 3.63) is 52.2 Å². The zero-order valence-corrected chi connectivity index (χ0v) is 15.6. The van der Waals surface area contributed by atoms with Gasteiger partial charge >= 0.3 is 0 Å². The third-order valence-electron chi connectivity index (χ3n) is 4.11. The Morgan fingerprint density at radius 3 is 2.88 bits per heavy atom. The molecule has 7 heteroatoms. The van der Waals surface area contributed by atoms with Gasteiger partial charge in [-0.2, -0.15) is 0 Å². The highest BCUT2D eigenvalue weighted by atomic mass is 32.2. The molecular weight excluding hydrogens is 356 g/mol. The van der Waals surface area contributed by atoms with Gasteiger partial charge in [-0.05, 0) is 42.0 Å². The van der Waals surface area contributed by atoms with Crippen molar-refractivity contribution in [3.63, 3.8) is 0 Å². The molecule has 0 saturated carbocycles. The van der Waals surface area contributed by atoms with Crippen LogP contribution in [0, 0.1) is 0 Å². The molecule has 132 valence electrons. The van der Waals surface area contributed by atoms with Crippen molar-refractivity contribution in [1.82, 2.24) is 4.90 Å². The highest BCUT2D eigenvalue weighted by Crippen LogP contribution is 2.23. The Kier molecular flexibility index (Phi) is 5.65. The van der Waals surface area contributed by atoms with E-state index in [4.69, 9.17) is 0 Å². The lowest BCUT2D eigenvalue weighted by atomic mass is 10.1. The van der Waals surface area contributed by atoms with Crippen LogP contribution in [0.5, 0.6) is 0 Å². The second-order valence-corrected chi connectivity index (χ2v) is 8.42. The second kappa shape index (κ2) is 7.93. The molecule has 0 aliphatic carbocycles. The van der Waals surface area contributed by atoms with E-state index in [1.165, 1.54) is 11.3 Å². The van der Waals surface area contributed by atoms with Gasteiger partial charge in [0.25, 0.3) is 5.91 Å². The molecule has 1 N–H and O–H groups in total. The Labute approximate surface area is 153 Å². The number of nitrogens with zero attached hydrogens (tertiary/aromatic N) is 1. The number of thiophene rings is 1. The molecule has 1 aliphatic rings. The normalized spacial score (nSPS) is 18.1. The molecule has 2 heterocycles. The fraction of sp³-hybridized carbons (Fsp3) is 0.333. The predicted molar refractivity (Wildman–Crippen MR) is 101 cm³/mol. The van der Waals surface area contributed by atoms with E-state index in [9.17, 15) is 13.8 Å². The third-order valence-corrected chi connectivity index (χ3v) is 5.71. The van der Waals surface area contributed by atoms with Crippen LogP contribution in [0.15, 0.2) is 41.8 Å². The molecule has 1 aromatic carbocycles. The largest absolute Gasteiger partial charge is 0.326 e. The smallest absolute Gasteiger partial charge is 0.264 e. The van der Waals surface area contributed by atoms with Crippen molar-refractivity contribution < 1.29 is 13.8 Å². The van der Waals surface area contributed by atoms with E-state index in [1.54, 1.807) is 23.3 Å². The predicted octanol–water partition coefficient (Wildman–Crippen LogP) is 2.87. The Hall–Kier alpha value is -1.99. The zero-order valence-electron chi connectivity index (χ0n) is 13.9. The molecular formula is C18H20N2O3S2. The molecule has 1 unspecified atom stereocenters. The van der Waals surface area contributed by atoms with Gasteiger partial charge in [0, 0.05) is 35.0 Å². The number of anilines is 1. The molecule has 1 fully saturated rings. The molecule has 3 rings (SSSR count). The summed E-state index contributed by atoms with van der Waals surface area (Å²) in [5, 5.41) is 4.76. The summed E-state index contributed by atoms with van der Waals surface area (Å²) in [6, 6.07) is 10.5. The summed E-state index contributed by atoms with van der Waals surface area (Å²) in [5.41, 5.74) is 1.58. The fourth-order valence-corrected chi connectivity index (χ4v) is 4.35. The van der Waals surface area contributed by atoms with Crippen molar-refractivity contribution in [1.29, 1.82) is 0 Å². The van der Waals surface area contributed by atoms with Crippen LogP contribution in [0.2, 0.25) is 0 Å². The lowest BCUT2D eigenvalue weighted by Crippen LogP contribution is -2.42. The number of carbonyl (C=O) groups excluding carboxylic acids is 2. The van der Waals surface area contributed by atoms with E-state index >= 15 is 0 Å². The average Bonchev–Trinajstić information content (AvgIpc) is 3.26. The Bertz CT molecular complexity index is 789. The van der Waals surface area contributed by atoms with E-state index in [0.717, 1.165) is 12.0 Å². The van der Waals surface area contributed by atoms with Gasteiger partial charge in [0.05, 0.1) is 4.88 Å². The first-order chi connectivity index (χ1) is 12.0. The van der Waals surface area contributed by atoms with Crippen LogP contribution in [-0.4, -0.2) is 39.8 Å². The summed E-state index contributed by atoms with van der Waals surface area (Å²) in [4.78, 5) is 27.6. The van der Waals surface area contributed by atoms with Crippen molar-refractivity contribution in [2.24, 2.45) is 0 Å². The van der Waals surface area contributed by atoms with Gasteiger partial charge in [-0.3, -0.25) is 13.8 Å². The lowest BCUT2D eigenvalue weighted by Gasteiger charge is -2.23. The molecule has 1 aromatic heterocycles. The highest BCUT2D eigenvalue weighted by Gasteiger charge is 2.34. The average molecular weight is 377 g/mol. The SMILES string of the molecule is CS(=O)Cc1cccc(NC(=O)[C@@H]2CCCN2C(=O)c2cccs2)c1. The van der Waals surface area contributed by atoms with Crippen LogP contribution >= 0.6 is 11.3 Å². The quantitative estimate of drug-likeness (QED) is 0.873. The molecule has 0 bridgehead atoms. The molecule has 5 nitrogen and oxygen atoms in total. The lowest BCUT2D eigenvalue weighted by molar-refractivity contribution is -0.119. The van der Waals surface area contributed by atoms with Gasteiger partial charge in [-0.25, -0.2) is 0 Å². The summed E-state index contributed by atoms with van der Waals surface area (Å²) in [6.45, 7) is 0.601. The van der Waals surface area contributed by atoms with Gasteiger partial charge in [-0.15, -0.1) is 11.3 Å². The molecule has 25 heavy (non-hydrogen) atoms. The maximum atomic E-state index is 12.7. The van der Waals surface area contributed by atoms with Gasteiger partial charge in [0.15, 0.2) is 0 Å². The van der Waals surface area contributed by atoms with E-state index in [1.807, 2.05) is 29.6 Å². The summed E-state index contributed by atoms with van der Waals surface area (Å²) in [5.74, 6) is 0.204. The molecule has 0 radical (unpaired) electrons. The van der Waals surface area contributed by atoms with Crippen LogP contribution in [0.4, 0.5) is 5.69 Å². The van der Waals surface area contributed by atoms with E-state index in [0.29, 0.717) is 29.3 Å². The van der Waals surface area contributed by atoms with E-state index in [2.05, 4.69) is 5.32 Å². The van der Waals surface area contributed by atoms with Crippen LogP contribution in [0.3, 0.4) is 0 Å². The van der Waals surface area contributed by atoms with Crippen LogP contribution in [-0.2, 0) is 21.3 Å². The standard InChI is InChI=1S/C18H20N2O3S2/c1-25(23)12-13-5-2-6-14(11-13)19-17(21)15-7-3-9-20(15)18(22)16-8-4-10-24-16/h2,4-6,8,10-11,15H,3,7,9,12H2,1H3,(H,19,21)/t15-,25?/m0/s1. The number of amides is 2. The summed E-state index contributed by atoms with van der Waals surface area (Å²) >= 11 is 1.39. The first-order valence-corrected chi connectivity index (χ1v) is 10.7. The summed E-state index contributed by atoms with van der Waals surface area (Å²) in [7, 11) is -0.933. The van der Waals surface area contributed by atoms with E-state index < -0.39 is 16.8 Å². The van der Waals surface area contributed by atoms with Crippen molar-refractivity contribution in [3.8, 4) is 0 Å². The minimum Gasteiger partial charge on any atom is -0.326 e. The summed E-state index contributed by atoms with van der Waals surface area (Å²) in [6.07, 6.45) is 3.14. The van der Waals surface area contributed by atoms with Crippen LogP contribution in [0.1, 0.15) is 28.1 Å². The Morgan fingerprint density at radius 1 is 1.32 bits per heavy atom. The van der Waals surface area contributed by atoms with Gasteiger partial charge < -0.3 is 10.2 Å². The summed E-state index contributed by atoms with van der Waals surface area (Å²) < 4.78 is 11.4. The Balaban J connectivity index is 1.70. The van der Waals surface area contributed by atoms with Crippen molar-refractivity contribution in [2.45, 2.75) is 24.6 Å². The molecule has 2 atom stereocenters. The number of likely N-dealkylation sites (tertiary alicyclic amines) is 1. The molecule has 1 saturated heterocycles. The maximum Gasteiger partial charge on any atom is 0.264 e. The second-order valence-electron chi connectivity index (χ2n) is 6.04. The first-order valence-electron chi connectivity index (χ1n) is 8.09. The van der Waals surface area contributed by atoms with E-state index in [-0.39, 0.29) is 11.8 Å². The monoisotopic (exact) mass is 376 g/mol.